The van der Waals surface area contributed by atoms with E-state index in [0.29, 0.717) is 27.2 Å². The van der Waals surface area contributed by atoms with Gasteiger partial charge in [0.2, 0.25) is 0 Å². The molecule has 3 rings (SSSR count). The fraction of sp³-hybridized carbons (Fsp3) is 0.143. The first kappa shape index (κ1) is 15.1. The van der Waals surface area contributed by atoms with E-state index in [4.69, 9.17) is 34.8 Å². The van der Waals surface area contributed by atoms with E-state index >= 15 is 0 Å². The molecule has 0 aliphatic carbocycles. The highest BCUT2D eigenvalue weighted by Crippen LogP contribution is 2.36. The maximum Gasteiger partial charge on any atom is 0.164 e. The third kappa shape index (κ3) is 2.55. The molecule has 0 bridgehead atoms. The number of nitrogens with zero attached hydrogens (tertiary/aromatic N) is 3. The second kappa shape index (κ2) is 5.76. The number of aromatic nitrogens is 3. The van der Waals surface area contributed by atoms with Gasteiger partial charge in [0.25, 0.3) is 0 Å². The third-order valence-corrected chi connectivity index (χ3v) is 5.08. The van der Waals surface area contributed by atoms with Crippen LogP contribution in [0.4, 0.5) is 0 Å². The first-order valence-corrected chi connectivity index (χ1v) is 8.15. The average Bonchev–Trinajstić information content (AvgIpc) is 2.82. The third-order valence-electron chi connectivity index (χ3n) is 3.08. The Morgan fingerprint density at radius 3 is 2.71 bits per heavy atom. The van der Waals surface area contributed by atoms with Crippen LogP contribution in [0.5, 0.6) is 0 Å². The van der Waals surface area contributed by atoms with Crippen LogP contribution >= 0.6 is 50.7 Å². The van der Waals surface area contributed by atoms with E-state index in [9.17, 15) is 0 Å². The number of benzene rings is 1. The molecule has 1 aromatic carbocycles. The zero-order valence-electron chi connectivity index (χ0n) is 10.9. The predicted molar refractivity (Wildman–Crippen MR) is 90.9 cm³/mol. The number of pyridine rings is 1. The van der Waals surface area contributed by atoms with Gasteiger partial charge in [0, 0.05) is 10.7 Å². The van der Waals surface area contributed by atoms with Gasteiger partial charge in [0.15, 0.2) is 5.65 Å². The SMILES string of the molecule is Cc1cnc2c(c1)nc(CCl)n2-c1ccc(Br)c(Cl)c1Cl. The van der Waals surface area contributed by atoms with Crippen molar-refractivity contribution < 1.29 is 0 Å². The number of rotatable bonds is 2. The topological polar surface area (TPSA) is 30.7 Å². The summed E-state index contributed by atoms with van der Waals surface area (Å²) >= 11 is 22.0. The molecule has 0 amide bonds. The number of fused-ring (bicyclic) bond motifs is 1. The Morgan fingerprint density at radius 1 is 1.24 bits per heavy atom. The molecule has 0 aliphatic rings. The first-order chi connectivity index (χ1) is 10.0. The summed E-state index contributed by atoms with van der Waals surface area (Å²) in [6.07, 6.45) is 1.78. The van der Waals surface area contributed by atoms with Crippen molar-refractivity contribution in [3.63, 3.8) is 0 Å². The van der Waals surface area contributed by atoms with Crippen LogP contribution in [0.15, 0.2) is 28.9 Å². The van der Waals surface area contributed by atoms with Crippen molar-refractivity contribution in [1.29, 1.82) is 0 Å². The molecular weight excluding hydrogens is 396 g/mol. The lowest BCUT2D eigenvalue weighted by atomic mass is 10.3. The zero-order chi connectivity index (χ0) is 15.1. The van der Waals surface area contributed by atoms with Gasteiger partial charge in [-0.1, -0.05) is 23.2 Å². The highest BCUT2D eigenvalue weighted by Gasteiger charge is 2.17. The summed E-state index contributed by atoms with van der Waals surface area (Å²) in [5.74, 6) is 0.921. The Labute approximate surface area is 145 Å². The Hall–Kier alpha value is -0.810. The monoisotopic (exact) mass is 403 g/mol. The van der Waals surface area contributed by atoms with Crippen LogP contribution in [-0.2, 0) is 5.88 Å². The normalized spacial score (nSPS) is 11.3. The molecule has 0 fully saturated rings. The fourth-order valence-corrected chi connectivity index (χ4v) is 3.18. The summed E-state index contributed by atoms with van der Waals surface area (Å²) in [6, 6.07) is 5.65. The van der Waals surface area contributed by atoms with Crippen molar-refractivity contribution in [3.8, 4) is 5.69 Å². The predicted octanol–water partition coefficient (Wildman–Crippen LogP) is 5.54. The molecule has 3 aromatic rings. The summed E-state index contributed by atoms with van der Waals surface area (Å²) < 4.78 is 2.57. The van der Waals surface area contributed by atoms with E-state index in [-0.39, 0.29) is 5.88 Å². The first-order valence-electron chi connectivity index (χ1n) is 6.06. The van der Waals surface area contributed by atoms with Gasteiger partial charge in [-0.05, 0) is 46.6 Å². The van der Waals surface area contributed by atoms with Gasteiger partial charge in [-0.15, -0.1) is 11.6 Å². The molecule has 7 heteroatoms. The van der Waals surface area contributed by atoms with E-state index in [1.54, 1.807) is 6.20 Å². The number of hydrogen-bond donors (Lipinski definition) is 0. The molecule has 2 heterocycles. The summed E-state index contributed by atoms with van der Waals surface area (Å²) in [4.78, 5) is 8.96. The fourth-order valence-electron chi connectivity index (χ4n) is 2.14. The van der Waals surface area contributed by atoms with Crippen LogP contribution in [-0.4, -0.2) is 14.5 Å². The molecule has 0 atom stereocenters. The molecule has 0 saturated heterocycles. The number of halogens is 4. The van der Waals surface area contributed by atoms with Gasteiger partial charge in [0.1, 0.15) is 11.3 Å². The van der Waals surface area contributed by atoms with Crippen molar-refractivity contribution in [3.05, 3.63) is 50.3 Å². The molecule has 21 heavy (non-hydrogen) atoms. The molecule has 2 aromatic heterocycles. The van der Waals surface area contributed by atoms with Crippen LogP contribution in [0.1, 0.15) is 11.4 Å². The Kier molecular flexibility index (Phi) is 4.14. The molecule has 3 nitrogen and oxygen atoms in total. The molecule has 0 spiro atoms. The minimum atomic E-state index is 0.249. The van der Waals surface area contributed by atoms with Crippen molar-refractivity contribution in [2.24, 2.45) is 0 Å². The minimum Gasteiger partial charge on any atom is -0.278 e. The summed E-state index contributed by atoms with van der Waals surface area (Å²) in [7, 11) is 0. The van der Waals surface area contributed by atoms with Crippen LogP contribution in [0.2, 0.25) is 10.0 Å². The van der Waals surface area contributed by atoms with Crippen LogP contribution in [0.3, 0.4) is 0 Å². The Morgan fingerprint density at radius 2 is 2.00 bits per heavy atom. The van der Waals surface area contributed by atoms with Crippen LogP contribution in [0, 0.1) is 6.92 Å². The van der Waals surface area contributed by atoms with Gasteiger partial charge < -0.3 is 0 Å². The smallest absolute Gasteiger partial charge is 0.164 e. The molecule has 0 unspecified atom stereocenters. The van der Waals surface area contributed by atoms with E-state index in [2.05, 4.69) is 25.9 Å². The van der Waals surface area contributed by atoms with Crippen molar-refractivity contribution in [2.75, 3.05) is 0 Å². The summed E-state index contributed by atoms with van der Waals surface area (Å²) in [5.41, 5.74) is 3.23. The standard InChI is InChI=1S/C14H9BrCl3N3/c1-7-4-9-14(19-6-7)21(11(5-16)20-9)10-3-2-8(15)12(17)13(10)18/h2-4,6H,5H2,1H3. The van der Waals surface area contributed by atoms with Gasteiger partial charge in [-0.3, -0.25) is 4.57 Å². The number of hydrogen-bond acceptors (Lipinski definition) is 2. The number of alkyl halides is 1. The lowest BCUT2D eigenvalue weighted by molar-refractivity contribution is 0.969. The highest BCUT2D eigenvalue weighted by molar-refractivity contribution is 9.10. The molecule has 0 N–H and O–H groups in total. The number of imidazole rings is 1. The maximum absolute atomic E-state index is 6.37. The van der Waals surface area contributed by atoms with Gasteiger partial charge >= 0.3 is 0 Å². The molecule has 0 aliphatic heterocycles. The van der Waals surface area contributed by atoms with Crippen LogP contribution in [0.25, 0.3) is 16.9 Å². The largest absolute Gasteiger partial charge is 0.278 e. The average molecular weight is 406 g/mol. The second-order valence-electron chi connectivity index (χ2n) is 4.55. The quantitative estimate of drug-likeness (QED) is 0.414. The van der Waals surface area contributed by atoms with Gasteiger partial charge in [-0.2, -0.15) is 0 Å². The Balaban J connectivity index is 2.36. The lowest BCUT2D eigenvalue weighted by Gasteiger charge is -2.11. The van der Waals surface area contributed by atoms with E-state index in [0.717, 1.165) is 15.6 Å². The second-order valence-corrected chi connectivity index (χ2v) is 6.42. The van der Waals surface area contributed by atoms with Gasteiger partial charge in [-0.25, -0.2) is 9.97 Å². The van der Waals surface area contributed by atoms with E-state index in [1.807, 2.05) is 29.7 Å². The maximum atomic E-state index is 6.37. The van der Waals surface area contributed by atoms with Gasteiger partial charge in [0.05, 0.1) is 21.6 Å². The molecular formula is C14H9BrCl3N3. The zero-order valence-corrected chi connectivity index (χ0v) is 14.7. The summed E-state index contributed by atoms with van der Waals surface area (Å²) in [6.45, 7) is 1.97. The van der Waals surface area contributed by atoms with Crippen LogP contribution < -0.4 is 0 Å². The van der Waals surface area contributed by atoms with E-state index < -0.39 is 0 Å². The molecule has 0 radical (unpaired) electrons. The molecule has 108 valence electrons. The highest BCUT2D eigenvalue weighted by atomic mass is 79.9. The van der Waals surface area contributed by atoms with E-state index in [1.165, 1.54) is 0 Å². The number of aryl methyl sites for hydroxylation is 1. The lowest BCUT2D eigenvalue weighted by Crippen LogP contribution is -2.01. The summed E-state index contributed by atoms with van der Waals surface area (Å²) in [5, 5.41) is 0.878. The minimum absolute atomic E-state index is 0.249. The van der Waals surface area contributed by atoms with Crippen molar-refractivity contribution in [2.45, 2.75) is 12.8 Å². The van der Waals surface area contributed by atoms with Crippen molar-refractivity contribution in [1.82, 2.24) is 14.5 Å². The Bertz CT molecular complexity index is 845. The molecule has 0 saturated carbocycles. The van der Waals surface area contributed by atoms with Crippen molar-refractivity contribution >= 4 is 61.9 Å².